The third-order valence-electron chi connectivity index (χ3n) is 2.91. The fourth-order valence-electron chi connectivity index (χ4n) is 2.00. The molecule has 0 saturated carbocycles. The Labute approximate surface area is 113 Å². The van der Waals surface area contributed by atoms with E-state index >= 15 is 0 Å². The summed E-state index contributed by atoms with van der Waals surface area (Å²) in [4.78, 5) is 18.3. The fourth-order valence-corrected chi connectivity index (χ4v) is 2.00. The van der Waals surface area contributed by atoms with E-state index in [4.69, 9.17) is 0 Å². The summed E-state index contributed by atoms with van der Waals surface area (Å²) in [6.07, 6.45) is 4.24. The Balaban J connectivity index is 2.14. The first-order chi connectivity index (χ1) is 9.31. The first-order valence-corrected chi connectivity index (χ1v) is 6.54. The fraction of sp³-hybridized carbons (Fsp3) is 0.250. The van der Waals surface area contributed by atoms with E-state index in [-0.39, 0.29) is 5.91 Å². The number of rotatable bonds is 5. The lowest BCUT2D eigenvalue weighted by Crippen LogP contribution is -2.31. The van der Waals surface area contributed by atoms with Crippen LogP contribution in [0.15, 0.2) is 54.9 Å². The molecular formula is C16H18N2O. The molecule has 0 atom stereocenters. The number of aromatic nitrogens is 1. The zero-order valence-corrected chi connectivity index (χ0v) is 11.1. The van der Waals surface area contributed by atoms with Crippen LogP contribution in [0.1, 0.15) is 29.3 Å². The summed E-state index contributed by atoms with van der Waals surface area (Å²) < 4.78 is 0. The van der Waals surface area contributed by atoms with Crippen LogP contribution in [0.25, 0.3) is 0 Å². The third-order valence-corrected chi connectivity index (χ3v) is 2.91. The highest BCUT2D eigenvalue weighted by atomic mass is 16.2. The molecule has 0 aliphatic rings. The van der Waals surface area contributed by atoms with Crippen LogP contribution in [0.5, 0.6) is 0 Å². The van der Waals surface area contributed by atoms with Crippen molar-refractivity contribution in [3.63, 3.8) is 0 Å². The molecule has 0 bridgehead atoms. The van der Waals surface area contributed by atoms with Crippen molar-refractivity contribution in [1.82, 2.24) is 9.88 Å². The summed E-state index contributed by atoms with van der Waals surface area (Å²) >= 11 is 0. The van der Waals surface area contributed by atoms with Crippen LogP contribution in [0.2, 0.25) is 0 Å². The lowest BCUT2D eigenvalue weighted by molar-refractivity contribution is 0.0743. The molecule has 98 valence electrons. The molecular weight excluding hydrogens is 236 g/mol. The topological polar surface area (TPSA) is 33.2 Å². The van der Waals surface area contributed by atoms with E-state index < -0.39 is 0 Å². The van der Waals surface area contributed by atoms with Crippen LogP contribution in [0.4, 0.5) is 0 Å². The Bertz CT molecular complexity index is 511. The average molecular weight is 254 g/mol. The second-order valence-corrected chi connectivity index (χ2v) is 4.45. The molecule has 0 N–H and O–H groups in total. The number of amides is 1. The third kappa shape index (κ3) is 3.65. The van der Waals surface area contributed by atoms with Crippen LogP contribution in [-0.4, -0.2) is 22.3 Å². The second-order valence-electron chi connectivity index (χ2n) is 4.45. The van der Waals surface area contributed by atoms with Crippen LogP contribution in [0, 0.1) is 0 Å². The maximum Gasteiger partial charge on any atom is 0.255 e. The molecule has 1 heterocycles. The van der Waals surface area contributed by atoms with Crippen molar-refractivity contribution in [1.29, 1.82) is 0 Å². The van der Waals surface area contributed by atoms with Gasteiger partial charge in [-0.15, -0.1) is 0 Å². The number of carbonyl (C=O) groups is 1. The summed E-state index contributed by atoms with van der Waals surface area (Å²) in [5.74, 6) is 0.0406. The quantitative estimate of drug-likeness (QED) is 0.821. The molecule has 3 heteroatoms. The van der Waals surface area contributed by atoms with Gasteiger partial charge in [-0.25, -0.2) is 0 Å². The van der Waals surface area contributed by atoms with E-state index in [1.165, 1.54) is 0 Å². The highest BCUT2D eigenvalue weighted by Gasteiger charge is 2.15. The van der Waals surface area contributed by atoms with Gasteiger partial charge in [-0.1, -0.05) is 37.3 Å². The molecule has 0 saturated heterocycles. The molecule has 0 aliphatic heterocycles. The van der Waals surface area contributed by atoms with Crippen LogP contribution >= 0.6 is 0 Å². The van der Waals surface area contributed by atoms with E-state index in [1.54, 1.807) is 18.5 Å². The van der Waals surface area contributed by atoms with Crippen molar-refractivity contribution >= 4 is 5.91 Å². The predicted molar refractivity (Wildman–Crippen MR) is 75.7 cm³/mol. The van der Waals surface area contributed by atoms with E-state index in [1.807, 2.05) is 41.3 Å². The van der Waals surface area contributed by atoms with Crippen molar-refractivity contribution < 1.29 is 4.79 Å². The predicted octanol–water partition coefficient (Wildman–Crippen LogP) is 3.13. The van der Waals surface area contributed by atoms with Gasteiger partial charge in [0.15, 0.2) is 0 Å². The van der Waals surface area contributed by atoms with Crippen LogP contribution in [-0.2, 0) is 6.54 Å². The molecule has 0 radical (unpaired) electrons. The number of carbonyl (C=O) groups excluding carboxylic acids is 1. The monoisotopic (exact) mass is 254 g/mol. The normalized spacial score (nSPS) is 10.2. The van der Waals surface area contributed by atoms with Crippen molar-refractivity contribution in [2.75, 3.05) is 6.54 Å². The van der Waals surface area contributed by atoms with Gasteiger partial charge in [0, 0.05) is 25.5 Å². The van der Waals surface area contributed by atoms with Crippen molar-refractivity contribution in [3.8, 4) is 0 Å². The highest BCUT2D eigenvalue weighted by Crippen LogP contribution is 2.10. The summed E-state index contributed by atoms with van der Waals surface area (Å²) in [5.41, 5.74) is 1.79. The van der Waals surface area contributed by atoms with Gasteiger partial charge >= 0.3 is 0 Å². The second kappa shape index (κ2) is 6.69. The Hall–Kier alpha value is -2.16. The summed E-state index contributed by atoms with van der Waals surface area (Å²) in [7, 11) is 0. The molecule has 0 fully saturated rings. The molecule has 1 amide bonds. The Morgan fingerprint density at radius 2 is 1.95 bits per heavy atom. The van der Waals surface area contributed by atoms with Gasteiger partial charge in [0.05, 0.1) is 5.56 Å². The average Bonchev–Trinajstić information content (AvgIpc) is 2.48. The molecule has 0 aliphatic carbocycles. The van der Waals surface area contributed by atoms with Gasteiger partial charge in [0.2, 0.25) is 0 Å². The van der Waals surface area contributed by atoms with E-state index in [9.17, 15) is 4.79 Å². The highest BCUT2D eigenvalue weighted by molar-refractivity contribution is 5.93. The lowest BCUT2D eigenvalue weighted by Gasteiger charge is -2.22. The zero-order valence-electron chi connectivity index (χ0n) is 11.1. The number of pyridine rings is 1. The smallest absolute Gasteiger partial charge is 0.255 e. The number of hydrogen-bond donors (Lipinski definition) is 0. The van der Waals surface area contributed by atoms with Crippen LogP contribution < -0.4 is 0 Å². The first-order valence-electron chi connectivity index (χ1n) is 6.54. The molecule has 19 heavy (non-hydrogen) atoms. The van der Waals surface area contributed by atoms with Gasteiger partial charge < -0.3 is 4.90 Å². The molecule has 1 aromatic carbocycles. The Morgan fingerprint density at radius 1 is 1.16 bits per heavy atom. The molecule has 3 nitrogen and oxygen atoms in total. The summed E-state index contributed by atoms with van der Waals surface area (Å²) in [6.45, 7) is 3.47. The zero-order chi connectivity index (χ0) is 13.5. The Morgan fingerprint density at radius 3 is 2.58 bits per heavy atom. The number of nitrogens with zero attached hydrogens (tertiary/aromatic N) is 2. The van der Waals surface area contributed by atoms with Gasteiger partial charge in [-0.05, 0) is 24.1 Å². The van der Waals surface area contributed by atoms with Crippen molar-refractivity contribution in [3.05, 3.63) is 66.0 Å². The molecule has 2 rings (SSSR count). The SMILES string of the molecule is CCCN(Cc1ccccc1)C(=O)c1cccnc1. The number of hydrogen-bond acceptors (Lipinski definition) is 2. The van der Waals surface area contributed by atoms with Gasteiger partial charge in [-0.3, -0.25) is 9.78 Å². The first kappa shape index (κ1) is 13.3. The standard InChI is InChI=1S/C16H18N2O/c1-2-11-18(13-14-7-4-3-5-8-14)16(19)15-9-6-10-17-12-15/h3-10,12H,2,11,13H2,1H3. The van der Waals surface area contributed by atoms with E-state index in [0.717, 1.165) is 18.5 Å². The van der Waals surface area contributed by atoms with Crippen LogP contribution in [0.3, 0.4) is 0 Å². The molecule has 0 unspecified atom stereocenters. The van der Waals surface area contributed by atoms with Gasteiger partial charge in [0.1, 0.15) is 0 Å². The van der Waals surface area contributed by atoms with Crippen molar-refractivity contribution in [2.24, 2.45) is 0 Å². The molecule has 0 spiro atoms. The largest absolute Gasteiger partial charge is 0.334 e. The van der Waals surface area contributed by atoms with E-state index in [0.29, 0.717) is 12.1 Å². The van der Waals surface area contributed by atoms with E-state index in [2.05, 4.69) is 11.9 Å². The van der Waals surface area contributed by atoms with Crippen molar-refractivity contribution in [2.45, 2.75) is 19.9 Å². The maximum absolute atomic E-state index is 12.4. The van der Waals surface area contributed by atoms with Gasteiger partial charge in [0.25, 0.3) is 5.91 Å². The molecule has 2 aromatic rings. The lowest BCUT2D eigenvalue weighted by atomic mass is 10.2. The molecule has 1 aromatic heterocycles. The minimum atomic E-state index is 0.0406. The number of benzene rings is 1. The maximum atomic E-state index is 12.4. The minimum Gasteiger partial charge on any atom is -0.334 e. The van der Waals surface area contributed by atoms with Gasteiger partial charge in [-0.2, -0.15) is 0 Å². The Kier molecular flexibility index (Phi) is 4.67. The minimum absolute atomic E-state index is 0.0406. The summed E-state index contributed by atoms with van der Waals surface area (Å²) in [5, 5.41) is 0. The summed E-state index contributed by atoms with van der Waals surface area (Å²) in [6, 6.07) is 13.7.